The number of nitrogens with zero attached hydrogens (tertiary/aromatic N) is 1. The number of thiophene rings is 1. The molecule has 0 bridgehead atoms. The van der Waals surface area contributed by atoms with Crippen molar-refractivity contribution in [1.82, 2.24) is 4.98 Å². The minimum Gasteiger partial charge on any atom is -0.301 e. The third-order valence-corrected chi connectivity index (χ3v) is 10.1. The van der Waals surface area contributed by atoms with Crippen molar-refractivity contribution in [3.05, 3.63) is 113 Å². The Hall–Kier alpha value is -3.51. The second-order valence-corrected chi connectivity index (χ2v) is 12.9. The van der Waals surface area contributed by atoms with Gasteiger partial charge in [-0.3, -0.25) is 9.52 Å². The van der Waals surface area contributed by atoms with Gasteiger partial charge >= 0.3 is 0 Å². The highest BCUT2D eigenvalue weighted by molar-refractivity contribution is 8.00. The molecular formula is C27H20FN3O3S4. The Morgan fingerprint density at radius 2 is 1.63 bits per heavy atom. The lowest BCUT2D eigenvalue weighted by molar-refractivity contribution is -0.115. The molecule has 5 aromatic rings. The first kappa shape index (κ1) is 26.1. The molecule has 192 valence electrons. The lowest BCUT2D eigenvalue weighted by Gasteiger charge is -2.16. The van der Waals surface area contributed by atoms with Crippen LogP contribution in [0.2, 0.25) is 0 Å². The van der Waals surface area contributed by atoms with Crippen molar-refractivity contribution in [2.24, 2.45) is 0 Å². The number of anilines is 2. The molecule has 11 heteroatoms. The number of aromatic nitrogens is 1. The maximum absolute atomic E-state index is 13.4. The lowest BCUT2D eigenvalue weighted by Crippen LogP contribution is -2.19. The van der Waals surface area contributed by atoms with Crippen LogP contribution in [0.3, 0.4) is 0 Å². The van der Waals surface area contributed by atoms with E-state index >= 15 is 0 Å². The highest BCUT2D eigenvalue weighted by atomic mass is 32.2. The smallest absolute Gasteiger partial charge is 0.271 e. The molecule has 1 unspecified atom stereocenters. The minimum atomic E-state index is -3.64. The van der Waals surface area contributed by atoms with E-state index in [9.17, 15) is 17.6 Å². The quantitative estimate of drug-likeness (QED) is 0.179. The molecule has 0 aliphatic heterocycles. The topological polar surface area (TPSA) is 88.2 Å². The van der Waals surface area contributed by atoms with E-state index in [-0.39, 0.29) is 15.9 Å². The average molecular weight is 582 g/mol. The zero-order valence-corrected chi connectivity index (χ0v) is 22.8. The molecule has 3 aromatic carbocycles. The van der Waals surface area contributed by atoms with Crippen LogP contribution in [0, 0.1) is 5.82 Å². The maximum Gasteiger partial charge on any atom is 0.271 e. The summed E-state index contributed by atoms with van der Waals surface area (Å²) in [4.78, 5) is 18.7. The average Bonchev–Trinajstić information content (AvgIpc) is 3.62. The zero-order chi connectivity index (χ0) is 26.5. The second-order valence-electron chi connectivity index (χ2n) is 8.00. The first-order chi connectivity index (χ1) is 18.4. The summed E-state index contributed by atoms with van der Waals surface area (Å²) in [5, 5.41) is 6.28. The van der Waals surface area contributed by atoms with Gasteiger partial charge in [0, 0.05) is 21.5 Å². The van der Waals surface area contributed by atoms with Crippen LogP contribution in [0.4, 0.5) is 15.2 Å². The molecule has 2 heterocycles. The largest absolute Gasteiger partial charge is 0.301 e. The van der Waals surface area contributed by atoms with Crippen LogP contribution in [0.15, 0.2) is 111 Å². The van der Waals surface area contributed by atoms with Crippen molar-refractivity contribution in [2.45, 2.75) is 14.4 Å². The predicted octanol–water partition coefficient (Wildman–Crippen LogP) is 7.28. The van der Waals surface area contributed by atoms with E-state index in [1.165, 1.54) is 35.2 Å². The molecule has 2 N–H and O–H groups in total. The number of carbonyl (C=O) groups is 1. The van der Waals surface area contributed by atoms with Gasteiger partial charge in [-0.25, -0.2) is 17.8 Å². The van der Waals surface area contributed by atoms with Gasteiger partial charge in [0.1, 0.15) is 15.3 Å². The first-order valence-corrected chi connectivity index (χ1v) is 15.4. The molecule has 38 heavy (non-hydrogen) atoms. The fourth-order valence-electron chi connectivity index (χ4n) is 3.52. The second kappa shape index (κ2) is 11.5. The van der Waals surface area contributed by atoms with Crippen molar-refractivity contribution >= 4 is 61.2 Å². The standard InChI is InChI=1S/C27H20FN3O3S4/c28-20-10-8-18(9-11-20)23-17-36-27(29-23)30-26(32)25(19-5-2-1-3-6-19)37-22-14-12-21(13-15-22)31-38(33,34)24-7-4-16-35-24/h1-17,25,31H,(H,29,30,32). The Labute approximate surface area is 231 Å². The van der Waals surface area contributed by atoms with Crippen molar-refractivity contribution < 1.29 is 17.6 Å². The Bertz CT molecular complexity index is 1620. The van der Waals surface area contributed by atoms with Crippen LogP contribution >= 0.6 is 34.4 Å². The first-order valence-electron chi connectivity index (χ1n) is 11.3. The number of rotatable bonds is 9. The molecule has 0 spiro atoms. The Morgan fingerprint density at radius 1 is 0.895 bits per heavy atom. The van der Waals surface area contributed by atoms with Crippen LogP contribution < -0.4 is 10.0 Å². The maximum atomic E-state index is 13.4. The highest BCUT2D eigenvalue weighted by Gasteiger charge is 2.23. The molecular weight excluding hydrogens is 562 g/mol. The SMILES string of the molecule is O=C(Nc1nc(-c2ccc(F)cc2)cs1)C(Sc1ccc(NS(=O)(=O)c2cccs2)cc1)c1ccccc1. The van der Waals surface area contributed by atoms with Crippen LogP contribution in [0.5, 0.6) is 0 Å². The minimum absolute atomic E-state index is 0.238. The summed E-state index contributed by atoms with van der Waals surface area (Å²) in [5.74, 6) is -0.572. The van der Waals surface area contributed by atoms with E-state index < -0.39 is 15.3 Å². The summed E-state index contributed by atoms with van der Waals surface area (Å²) < 4.78 is 41.1. The van der Waals surface area contributed by atoms with Gasteiger partial charge in [-0.15, -0.1) is 34.4 Å². The normalized spacial score (nSPS) is 12.1. The number of hydrogen-bond donors (Lipinski definition) is 2. The van der Waals surface area contributed by atoms with Gasteiger partial charge in [0.05, 0.1) is 5.69 Å². The van der Waals surface area contributed by atoms with E-state index in [4.69, 9.17) is 0 Å². The summed E-state index contributed by atoms with van der Waals surface area (Å²) in [6.07, 6.45) is 0. The highest BCUT2D eigenvalue weighted by Crippen LogP contribution is 2.37. The molecule has 0 aliphatic carbocycles. The number of amides is 1. The van der Waals surface area contributed by atoms with Gasteiger partial charge in [-0.1, -0.05) is 36.4 Å². The third kappa shape index (κ3) is 6.30. The Balaban J connectivity index is 1.31. The molecule has 0 fully saturated rings. The molecule has 0 radical (unpaired) electrons. The lowest BCUT2D eigenvalue weighted by atomic mass is 10.1. The molecule has 1 atom stereocenters. The van der Waals surface area contributed by atoms with Gasteiger partial charge in [-0.05, 0) is 65.5 Å². The molecule has 0 saturated carbocycles. The third-order valence-electron chi connectivity index (χ3n) is 5.34. The molecule has 6 nitrogen and oxygen atoms in total. The molecule has 2 aromatic heterocycles. The van der Waals surface area contributed by atoms with E-state index in [2.05, 4.69) is 15.0 Å². The summed E-state index contributed by atoms with van der Waals surface area (Å²) in [7, 11) is -3.64. The predicted molar refractivity (Wildman–Crippen MR) is 153 cm³/mol. The van der Waals surface area contributed by atoms with Crippen molar-refractivity contribution in [1.29, 1.82) is 0 Å². The summed E-state index contributed by atoms with van der Waals surface area (Å²) in [6.45, 7) is 0. The van der Waals surface area contributed by atoms with Crippen LogP contribution in [0.25, 0.3) is 11.3 Å². The number of nitrogens with one attached hydrogen (secondary N) is 2. The summed E-state index contributed by atoms with van der Waals surface area (Å²) in [6, 6.07) is 25.5. The zero-order valence-electron chi connectivity index (χ0n) is 19.6. The van der Waals surface area contributed by atoms with E-state index in [1.54, 1.807) is 53.9 Å². The van der Waals surface area contributed by atoms with Crippen molar-refractivity contribution in [3.63, 3.8) is 0 Å². The van der Waals surface area contributed by atoms with Gasteiger partial charge in [0.15, 0.2) is 5.13 Å². The van der Waals surface area contributed by atoms with E-state index in [1.807, 2.05) is 35.7 Å². The van der Waals surface area contributed by atoms with Crippen molar-refractivity contribution in [2.75, 3.05) is 10.0 Å². The molecule has 0 saturated heterocycles. The number of carbonyl (C=O) groups excluding carboxylic acids is 1. The monoisotopic (exact) mass is 581 g/mol. The van der Waals surface area contributed by atoms with Crippen LogP contribution in [-0.2, 0) is 14.8 Å². The number of thiazole rings is 1. The van der Waals surface area contributed by atoms with Crippen LogP contribution in [-0.4, -0.2) is 19.3 Å². The molecule has 1 amide bonds. The number of thioether (sulfide) groups is 1. The molecule has 5 rings (SSSR count). The van der Waals surface area contributed by atoms with Gasteiger partial charge in [-0.2, -0.15) is 0 Å². The Kier molecular flexibility index (Phi) is 7.89. The number of sulfonamides is 1. The van der Waals surface area contributed by atoms with Gasteiger partial charge in [0.2, 0.25) is 5.91 Å². The fourth-order valence-corrected chi connectivity index (χ4v) is 7.31. The van der Waals surface area contributed by atoms with Crippen molar-refractivity contribution in [3.8, 4) is 11.3 Å². The number of benzene rings is 3. The summed E-state index contributed by atoms with van der Waals surface area (Å²) >= 11 is 3.78. The van der Waals surface area contributed by atoms with Crippen LogP contribution in [0.1, 0.15) is 10.8 Å². The van der Waals surface area contributed by atoms with Gasteiger partial charge < -0.3 is 5.32 Å². The van der Waals surface area contributed by atoms with E-state index in [0.717, 1.165) is 27.4 Å². The van der Waals surface area contributed by atoms with Gasteiger partial charge in [0.25, 0.3) is 10.0 Å². The number of halogens is 1. The Morgan fingerprint density at radius 3 is 2.32 bits per heavy atom. The fraction of sp³-hybridized carbons (Fsp3) is 0.0370. The number of hydrogen-bond acceptors (Lipinski definition) is 7. The summed E-state index contributed by atoms with van der Waals surface area (Å²) in [5.41, 5.74) is 2.65. The molecule has 0 aliphatic rings. The van der Waals surface area contributed by atoms with E-state index in [0.29, 0.717) is 16.5 Å².